The quantitative estimate of drug-likeness (QED) is 0.0372. The molecule has 114 heavy (non-hydrogen) atoms. The number of carboxylic acid groups (broad SMARTS) is 1. The van der Waals surface area contributed by atoms with Crippen LogP contribution >= 0.6 is 23.2 Å². The molecule has 18 atom stereocenters. The zero-order valence-corrected chi connectivity index (χ0v) is 65.0. The number of halogens is 2. The average molecular weight is 1630 g/mol. The number of carbonyl (C=O) groups excluding carboxylic acids is 7. The number of primary amides is 1. The summed E-state index contributed by atoms with van der Waals surface area (Å²) in [5.74, 6) is -15.6. The van der Waals surface area contributed by atoms with Crippen molar-refractivity contribution in [1.29, 1.82) is 0 Å². The molecule has 0 spiro atoms. The Labute approximate surface area is 665 Å². The van der Waals surface area contributed by atoms with Gasteiger partial charge in [-0.1, -0.05) is 94.3 Å². The summed E-state index contributed by atoms with van der Waals surface area (Å²) in [6.45, 7) is 9.53. The Balaban J connectivity index is 1.19. The molecule has 620 valence electrons. The minimum Gasteiger partial charge on any atom is -0.507 e. The number of unbranched alkanes of at least 4 members (excludes halogenated alkanes) is 5. The summed E-state index contributed by atoms with van der Waals surface area (Å²) in [6.07, 6.45) is -11.5. The predicted octanol–water partition coefficient (Wildman–Crippen LogP) is 2.11. The van der Waals surface area contributed by atoms with E-state index in [4.69, 9.17) is 68.8 Å². The SMILES string of the molecule is CCCCCCCCNCCNCc1c(O)cc2c(c1O)-c1cc(ccc1O)[C@H]1NC(=O)[C@@H]3NC(=O)[C@H](CC(N)=O)NC(=O)[C@H](NC(=O)[C@@H](CC(C)C)NC)[C@H](O)c4ccc(c(Cl)c4)Oc4cc3cc(c4O[C@@H]3O[C@H](CN)[C@@H](O)[C@H](O)[C@H]3O[C@H]3C[C@](C)(N)[C@H](O)[C@H](C)O3)Oc3ccc(cc3Cl)[C@@H](O)[C@H](NC1=O)C(=O)N[C@@H]2C(=O)O. The number of rotatable bonds is 25. The number of carbonyl (C=O) groups is 8. The number of carboxylic acids is 1. The highest BCUT2D eigenvalue weighted by atomic mass is 35.5. The second kappa shape index (κ2) is 38.0. The summed E-state index contributed by atoms with van der Waals surface area (Å²) >= 11 is 14.3. The van der Waals surface area contributed by atoms with E-state index in [1.807, 2.05) is 13.8 Å². The Hall–Kier alpha value is -9.28. The van der Waals surface area contributed by atoms with Crippen LogP contribution in [-0.2, 0) is 59.1 Å². The number of amides is 7. The van der Waals surface area contributed by atoms with Crippen molar-refractivity contribution >= 4 is 70.5 Å². The number of phenols is 3. The molecule has 37 heteroatoms. The molecule has 7 aliphatic rings. The number of nitrogens with one attached hydrogen (secondary N) is 9. The van der Waals surface area contributed by atoms with Gasteiger partial charge in [0.05, 0.1) is 40.3 Å². The fourth-order valence-corrected chi connectivity index (χ4v) is 14.8. The van der Waals surface area contributed by atoms with Gasteiger partial charge in [-0.3, -0.25) is 33.6 Å². The summed E-state index contributed by atoms with van der Waals surface area (Å²) in [4.78, 5) is 119. The van der Waals surface area contributed by atoms with Crippen LogP contribution < -0.4 is 79.3 Å². The van der Waals surface area contributed by atoms with Crippen LogP contribution in [0.25, 0.3) is 11.1 Å². The Bertz CT molecular complexity index is 4370. The summed E-state index contributed by atoms with van der Waals surface area (Å²) in [5.41, 5.74) is 14.2. The third-order valence-electron chi connectivity index (χ3n) is 20.6. The number of phenolic OH excluding ortho intramolecular Hbond substituents is 3. The van der Waals surface area contributed by atoms with Crippen LogP contribution in [0.1, 0.15) is 156 Å². The molecule has 12 rings (SSSR count). The Kier molecular flexibility index (Phi) is 29.0. The van der Waals surface area contributed by atoms with Crippen LogP contribution in [-0.4, -0.2) is 205 Å². The number of aromatic hydroxyl groups is 3. The van der Waals surface area contributed by atoms with E-state index in [9.17, 15) is 65.1 Å². The Morgan fingerprint density at radius 3 is 1.92 bits per heavy atom. The maximum absolute atomic E-state index is 16.3. The van der Waals surface area contributed by atoms with Crippen LogP contribution in [0.2, 0.25) is 10.0 Å². The number of ether oxygens (including phenoxy) is 6. The van der Waals surface area contributed by atoms with Gasteiger partial charge >= 0.3 is 5.97 Å². The summed E-state index contributed by atoms with van der Waals surface area (Å²) in [6, 6.07) is -1.06. The van der Waals surface area contributed by atoms with Gasteiger partial charge in [0.1, 0.15) is 89.5 Å². The van der Waals surface area contributed by atoms with E-state index in [0.717, 1.165) is 93.1 Å². The molecule has 5 aromatic rings. The average Bonchev–Trinajstić information content (AvgIpc) is 0.746. The summed E-state index contributed by atoms with van der Waals surface area (Å²) in [5, 5.41) is 130. The lowest BCUT2D eigenvalue weighted by Gasteiger charge is -2.47. The van der Waals surface area contributed by atoms with Crippen LogP contribution in [0, 0.1) is 5.92 Å². The largest absolute Gasteiger partial charge is 0.507 e. The molecule has 0 aromatic heterocycles. The summed E-state index contributed by atoms with van der Waals surface area (Å²) < 4.78 is 38.9. The van der Waals surface area contributed by atoms with Crippen molar-refractivity contribution in [2.45, 2.75) is 208 Å². The van der Waals surface area contributed by atoms with Gasteiger partial charge in [0, 0.05) is 54.8 Å². The number of hydrogen-bond donors (Lipinski definition) is 21. The maximum atomic E-state index is 16.3. The summed E-state index contributed by atoms with van der Waals surface area (Å²) in [7, 11) is 1.48. The van der Waals surface area contributed by atoms with Crippen molar-refractivity contribution in [1.82, 2.24) is 47.9 Å². The van der Waals surface area contributed by atoms with Crippen molar-refractivity contribution in [2.24, 2.45) is 23.1 Å². The van der Waals surface area contributed by atoms with Gasteiger partial charge < -0.3 is 139 Å². The molecule has 24 N–H and O–H groups in total. The minimum absolute atomic E-state index is 0.0985. The molecule has 0 radical (unpaired) electrons. The van der Waals surface area contributed by atoms with Crippen molar-refractivity contribution in [3.8, 4) is 57.1 Å². The first-order valence-corrected chi connectivity index (χ1v) is 38.4. The highest BCUT2D eigenvalue weighted by Gasteiger charge is 2.51. The molecule has 11 bridgehead atoms. The van der Waals surface area contributed by atoms with Gasteiger partial charge in [-0.15, -0.1) is 0 Å². The third kappa shape index (κ3) is 20.1. The van der Waals surface area contributed by atoms with Gasteiger partial charge in [0.25, 0.3) is 0 Å². The number of fused-ring (bicyclic) bond motifs is 15. The molecule has 7 amide bonds. The number of aliphatic hydroxyl groups is 5. The molecular formula is C77H100Cl2N12O23. The first-order valence-electron chi connectivity index (χ1n) is 37.6. The lowest BCUT2D eigenvalue weighted by molar-refractivity contribution is -0.330. The molecule has 7 heterocycles. The van der Waals surface area contributed by atoms with E-state index in [2.05, 4.69) is 54.8 Å². The van der Waals surface area contributed by atoms with Crippen molar-refractivity contribution in [3.05, 3.63) is 116 Å². The standard InChI is InChI=1S/C77H100Cl2N12O23/c1-7-8-9-10-11-12-19-84-20-21-85-32-41-47(93)28-40-55(63(41)97)39-23-35(13-16-46(39)92)56-71(103)91-60(74(106)89-58(40)75(107)108)62(96)37-15-18-49(43(79)25-37)111-51-27-38-26-50(66(51)114-76-67(65(99)64(98)52(31-80)112-76)113-54-30-77(5,82)68(100)34(4)109-54)110-48-17-14-36(24-42(48)78)61(95)59(90-69(101)44(83-6)22-33(2)3)73(105)86-45(29-53(81)94)70(102)87-57(38)72(104)88-56/h13-18,23-28,33-34,44-45,52,54,56-62,64-65,67-68,76,83-85,92-93,95-100H,7-12,19-22,29-32,80,82H2,1-6H3,(H2,81,94)(H,86,105)(H,87,102)(H,88,104)(H,89,106)(H,90,101)(H,91,103)(H,107,108)/t34-,44+,45-,52+,54-,56+,57+,58-,59+,60-,61+,62+,64+,65-,67+,68+,76-,77-/m0/s1. The van der Waals surface area contributed by atoms with E-state index in [-0.39, 0.29) is 70.6 Å². The van der Waals surface area contributed by atoms with Crippen molar-refractivity contribution in [2.75, 3.05) is 33.2 Å². The van der Waals surface area contributed by atoms with Gasteiger partial charge in [-0.05, 0) is 123 Å². The first-order chi connectivity index (χ1) is 54.1. The number of aliphatic carboxylic acids is 1. The van der Waals surface area contributed by atoms with Crippen LogP contribution in [0.4, 0.5) is 0 Å². The van der Waals surface area contributed by atoms with Gasteiger partial charge in [0.15, 0.2) is 29.9 Å². The fraction of sp³-hybridized carbons (Fsp3) is 0.506. The highest BCUT2D eigenvalue weighted by Crippen LogP contribution is 2.51. The number of benzene rings is 5. The molecular weight excluding hydrogens is 1530 g/mol. The molecule has 0 aliphatic carbocycles. The van der Waals surface area contributed by atoms with Crippen molar-refractivity contribution < 1.29 is 113 Å². The van der Waals surface area contributed by atoms with Crippen LogP contribution in [0.5, 0.6) is 46.0 Å². The molecule has 2 fully saturated rings. The lowest BCUT2D eigenvalue weighted by Crippen LogP contribution is -2.65. The smallest absolute Gasteiger partial charge is 0.330 e. The topological polar surface area (TPSA) is 560 Å². The predicted molar refractivity (Wildman–Crippen MR) is 409 cm³/mol. The first kappa shape index (κ1) is 87.1. The van der Waals surface area contributed by atoms with Gasteiger partial charge in [0.2, 0.25) is 53.4 Å². The monoisotopic (exact) mass is 1630 g/mol. The number of aliphatic hydroxyl groups excluding tert-OH is 5. The highest BCUT2D eigenvalue weighted by molar-refractivity contribution is 6.32. The molecule has 0 unspecified atom stereocenters. The lowest BCUT2D eigenvalue weighted by atomic mass is 9.86. The maximum Gasteiger partial charge on any atom is 0.330 e. The Morgan fingerprint density at radius 2 is 1.31 bits per heavy atom. The molecule has 0 saturated carbocycles. The van der Waals surface area contributed by atoms with Crippen LogP contribution in [0.15, 0.2) is 72.8 Å². The second-order valence-electron chi connectivity index (χ2n) is 29.7. The number of likely N-dealkylation sites (N-methyl/N-ethyl adjacent to an activating group) is 1. The third-order valence-corrected chi connectivity index (χ3v) is 21.2. The van der Waals surface area contributed by atoms with E-state index in [1.165, 1.54) is 39.1 Å². The molecule has 2 saturated heterocycles. The zero-order valence-electron chi connectivity index (χ0n) is 63.4. The number of hydrogen-bond acceptors (Lipinski definition) is 27. The van der Waals surface area contributed by atoms with Gasteiger partial charge in [-0.25, -0.2) is 4.79 Å². The minimum atomic E-state index is -2.35. The fourth-order valence-electron chi connectivity index (χ4n) is 14.3. The molecule has 7 aliphatic heterocycles. The molecule has 35 nitrogen and oxygen atoms in total. The van der Waals surface area contributed by atoms with Crippen LogP contribution in [0.3, 0.4) is 0 Å². The van der Waals surface area contributed by atoms with E-state index < -0.39 is 231 Å². The number of nitrogens with two attached hydrogens (primary N) is 3. The normalized spacial score (nSPS) is 27.5. The van der Waals surface area contributed by atoms with E-state index in [0.29, 0.717) is 13.1 Å². The Morgan fingerprint density at radius 1 is 0.693 bits per heavy atom. The van der Waals surface area contributed by atoms with E-state index >= 15 is 19.2 Å². The zero-order chi connectivity index (χ0) is 82.9. The molecule has 5 aromatic carbocycles. The van der Waals surface area contributed by atoms with Gasteiger partial charge in [-0.2, -0.15) is 0 Å². The van der Waals surface area contributed by atoms with E-state index in [1.54, 1.807) is 0 Å². The second-order valence-corrected chi connectivity index (χ2v) is 30.5. The van der Waals surface area contributed by atoms with Crippen molar-refractivity contribution in [3.63, 3.8) is 0 Å².